The summed E-state index contributed by atoms with van der Waals surface area (Å²) in [5.41, 5.74) is 0. The van der Waals surface area contributed by atoms with Crippen LogP contribution in [-0.4, -0.2) is 50.2 Å². The van der Waals surface area contributed by atoms with Crippen LogP contribution in [0.25, 0.3) is 0 Å². The first-order valence-electron chi connectivity index (χ1n) is 6.32. The molecule has 0 aromatic heterocycles. The van der Waals surface area contributed by atoms with Crippen LogP contribution < -0.4 is 5.32 Å². The monoisotopic (exact) mass is 224 g/mol. The molecular weight excluding hydrogens is 204 g/mol. The van der Waals surface area contributed by atoms with Crippen molar-refractivity contribution in [2.45, 2.75) is 18.9 Å². The number of hydrogen-bond acceptors (Lipinski definition) is 3. The zero-order valence-electron chi connectivity index (χ0n) is 9.82. The van der Waals surface area contributed by atoms with Gasteiger partial charge in [-0.2, -0.15) is 0 Å². The molecule has 1 saturated carbocycles. The Morgan fingerprint density at radius 3 is 2.69 bits per heavy atom. The average Bonchev–Trinajstić information content (AvgIpc) is 2.82. The third-order valence-electron chi connectivity index (χ3n) is 4.44. The van der Waals surface area contributed by atoms with Gasteiger partial charge in [0.05, 0.1) is 12.0 Å². The maximum absolute atomic E-state index is 12.2. The normalized spacial score (nSPS) is 41.9. The summed E-state index contributed by atoms with van der Waals surface area (Å²) in [4.78, 5) is 14.3. The van der Waals surface area contributed by atoms with Crippen molar-refractivity contribution in [1.82, 2.24) is 10.2 Å². The predicted molar refractivity (Wildman–Crippen MR) is 60.0 cm³/mol. The van der Waals surface area contributed by atoms with Gasteiger partial charge in [-0.15, -0.1) is 0 Å². The standard InChI is InChI=1S/C12H20N2O2/c1-16-11-9-4-10(11)7-14(6-9)12(15)8-2-3-13-5-8/h8-11,13H,2-7H2,1H3. The zero-order valence-corrected chi connectivity index (χ0v) is 9.82. The molecule has 4 aliphatic rings. The van der Waals surface area contributed by atoms with Crippen molar-refractivity contribution in [3.63, 3.8) is 0 Å². The Morgan fingerprint density at radius 1 is 1.38 bits per heavy atom. The van der Waals surface area contributed by atoms with Crippen molar-refractivity contribution in [1.29, 1.82) is 0 Å². The van der Waals surface area contributed by atoms with Crippen LogP contribution in [0.4, 0.5) is 0 Å². The molecular formula is C12H20N2O2. The molecule has 0 aromatic carbocycles. The Bertz CT molecular complexity index is 277. The molecule has 3 saturated heterocycles. The van der Waals surface area contributed by atoms with Crippen molar-refractivity contribution >= 4 is 5.91 Å². The summed E-state index contributed by atoms with van der Waals surface area (Å²) in [6, 6.07) is 0. The molecule has 3 atom stereocenters. The highest BCUT2D eigenvalue weighted by molar-refractivity contribution is 5.79. The number of carbonyl (C=O) groups is 1. The van der Waals surface area contributed by atoms with Gasteiger partial charge in [-0.3, -0.25) is 4.79 Å². The van der Waals surface area contributed by atoms with E-state index in [-0.39, 0.29) is 5.92 Å². The van der Waals surface area contributed by atoms with Gasteiger partial charge >= 0.3 is 0 Å². The fraction of sp³-hybridized carbons (Fsp3) is 0.917. The Kier molecular flexibility index (Phi) is 2.64. The van der Waals surface area contributed by atoms with Crippen LogP contribution >= 0.6 is 0 Å². The lowest BCUT2D eigenvalue weighted by Gasteiger charge is -2.53. The van der Waals surface area contributed by atoms with Crippen LogP contribution in [0.1, 0.15) is 12.8 Å². The number of nitrogens with zero attached hydrogens (tertiary/aromatic N) is 1. The van der Waals surface area contributed by atoms with Crippen LogP contribution in [0.3, 0.4) is 0 Å². The molecule has 4 rings (SSSR count). The van der Waals surface area contributed by atoms with Gasteiger partial charge in [-0.05, 0) is 19.4 Å². The van der Waals surface area contributed by atoms with Crippen LogP contribution in [0.15, 0.2) is 0 Å². The SMILES string of the molecule is COC1C2CC1CN(C(=O)C1CCNC1)C2. The van der Waals surface area contributed by atoms with Gasteiger partial charge in [0.25, 0.3) is 0 Å². The predicted octanol–water partition coefficient (Wildman–Crippen LogP) is 0.0892. The van der Waals surface area contributed by atoms with Crippen molar-refractivity contribution < 1.29 is 9.53 Å². The van der Waals surface area contributed by atoms with Crippen molar-refractivity contribution in [2.24, 2.45) is 17.8 Å². The summed E-state index contributed by atoms with van der Waals surface area (Å²) >= 11 is 0. The van der Waals surface area contributed by atoms with E-state index in [1.54, 1.807) is 7.11 Å². The number of methoxy groups -OCH3 is 1. The molecule has 4 fully saturated rings. The molecule has 3 aliphatic heterocycles. The topological polar surface area (TPSA) is 41.6 Å². The molecule has 0 spiro atoms. The highest BCUT2D eigenvalue weighted by Crippen LogP contribution is 2.42. The van der Waals surface area contributed by atoms with Gasteiger partial charge in [0.15, 0.2) is 0 Å². The molecule has 16 heavy (non-hydrogen) atoms. The first-order chi connectivity index (χ1) is 7.79. The van der Waals surface area contributed by atoms with E-state index in [0.29, 0.717) is 23.8 Å². The number of carbonyl (C=O) groups excluding carboxylic acids is 1. The quantitative estimate of drug-likeness (QED) is 0.723. The second-order valence-electron chi connectivity index (χ2n) is 5.39. The maximum atomic E-state index is 12.2. The van der Waals surface area contributed by atoms with Gasteiger partial charge in [0.1, 0.15) is 0 Å². The van der Waals surface area contributed by atoms with E-state index in [1.807, 2.05) is 0 Å². The minimum atomic E-state index is 0.235. The van der Waals surface area contributed by atoms with Crippen molar-refractivity contribution in [2.75, 3.05) is 33.3 Å². The number of fused-ring (bicyclic) bond motifs is 2. The lowest BCUT2D eigenvalue weighted by atomic mass is 9.68. The summed E-state index contributed by atoms with van der Waals surface area (Å²) in [6.07, 6.45) is 2.69. The molecule has 90 valence electrons. The second-order valence-corrected chi connectivity index (χ2v) is 5.39. The number of nitrogens with one attached hydrogen (secondary N) is 1. The first-order valence-corrected chi connectivity index (χ1v) is 6.32. The minimum absolute atomic E-state index is 0.235. The molecule has 1 aliphatic carbocycles. The molecule has 1 N–H and O–H groups in total. The van der Waals surface area contributed by atoms with E-state index in [4.69, 9.17) is 4.74 Å². The van der Waals surface area contributed by atoms with Crippen LogP contribution in [0.2, 0.25) is 0 Å². The first kappa shape index (κ1) is 10.5. The Labute approximate surface area is 96.3 Å². The fourth-order valence-corrected chi connectivity index (χ4v) is 3.53. The summed E-state index contributed by atoms with van der Waals surface area (Å²) in [5, 5.41) is 3.26. The van der Waals surface area contributed by atoms with E-state index in [1.165, 1.54) is 6.42 Å². The van der Waals surface area contributed by atoms with Gasteiger partial charge in [-0.25, -0.2) is 0 Å². The largest absolute Gasteiger partial charge is 0.381 e. The van der Waals surface area contributed by atoms with Crippen molar-refractivity contribution in [3.05, 3.63) is 0 Å². The number of piperidine rings is 2. The van der Waals surface area contributed by atoms with E-state index in [2.05, 4.69) is 10.2 Å². The number of amides is 1. The van der Waals surface area contributed by atoms with Crippen LogP contribution in [0.5, 0.6) is 0 Å². The van der Waals surface area contributed by atoms with E-state index in [9.17, 15) is 4.79 Å². The van der Waals surface area contributed by atoms with Gasteiger partial charge < -0.3 is 15.0 Å². The Morgan fingerprint density at radius 2 is 2.12 bits per heavy atom. The molecule has 3 heterocycles. The minimum Gasteiger partial charge on any atom is -0.381 e. The third-order valence-corrected chi connectivity index (χ3v) is 4.44. The van der Waals surface area contributed by atoms with Gasteiger partial charge in [-0.1, -0.05) is 0 Å². The summed E-state index contributed by atoms with van der Waals surface area (Å²) in [7, 11) is 1.79. The zero-order chi connectivity index (χ0) is 11.1. The molecule has 4 nitrogen and oxygen atoms in total. The molecule has 2 bridgehead atoms. The Balaban J connectivity index is 1.59. The number of ether oxygens (including phenoxy) is 1. The third kappa shape index (κ3) is 1.55. The summed E-state index contributed by atoms with van der Waals surface area (Å²) in [6.45, 7) is 3.71. The fourth-order valence-electron chi connectivity index (χ4n) is 3.53. The van der Waals surface area contributed by atoms with Crippen LogP contribution in [-0.2, 0) is 9.53 Å². The van der Waals surface area contributed by atoms with Gasteiger partial charge in [0, 0.05) is 38.6 Å². The second kappa shape index (κ2) is 4.00. The van der Waals surface area contributed by atoms with E-state index < -0.39 is 0 Å². The van der Waals surface area contributed by atoms with Gasteiger partial charge in [0.2, 0.25) is 5.91 Å². The van der Waals surface area contributed by atoms with E-state index in [0.717, 1.165) is 32.6 Å². The smallest absolute Gasteiger partial charge is 0.227 e. The van der Waals surface area contributed by atoms with E-state index >= 15 is 0 Å². The molecule has 0 aromatic rings. The molecule has 4 heteroatoms. The lowest BCUT2D eigenvalue weighted by Crippen LogP contribution is -2.61. The lowest BCUT2D eigenvalue weighted by molar-refractivity contribution is -0.158. The highest BCUT2D eigenvalue weighted by atomic mass is 16.5. The van der Waals surface area contributed by atoms with Crippen molar-refractivity contribution in [3.8, 4) is 0 Å². The number of hydrogen-bond donors (Lipinski definition) is 1. The molecule has 1 amide bonds. The summed E-state index contributed by atoms with van der Waals surface area (Å²) < 4.78 is 5.46. The Hall–Kier alpha value is -0.610. The number of rotatable bonds is 2. The average molecular weight is 224 g/mol. The molecule has 3 unspecified atom stereocenters. The van der Waals surface area contributed by atoms with Crippen LogP contribution in [0, 0.1) is 17.8 Å². The summed E-state index contributed by atoms with van der Waals surface area (Å²) in [5.74, 6) is 1.80. The highest BCUT2D eigenvalue weighted by Gasteiger charge is 2.48. The molecule has 0 radical (unpaired) electrons. The maximum Gasteiger partial charge on any atom is 0.227 e.